The van der Waals surface area contributed by atoms with Crippen LogP contribution in [-0.2, 0) is 9.59 Å². The van der Waals surface area contributed by atoms with Gasteiger partial charge in [-0.15, -0.1) is 11.3 Å². The van der Waals surface area contributed by atoms with Gasteiger partial charge in [0.05, 0.1) is 18.3 Å². The van der Waals surface area contributed by atoms with Gasteiger partial charge < -0.3 is 14.6 Å². The number of Topliss-reactive ketones (excluding diaryl/α,β-unsaturated/α-hetero) is 1. The van der Waals surface area contributed by atoms with Crippen LogP contribution in [0, 0.1) is 6.92 Å². The van der Waals surface area contributed by atoms with Crippen LogP contribution >= 0.6 is 11.3 Å². The minimum Gasteiger partial charge on any atom is -0.507 e. The van der Waals surface area contributed by atoms with E-state index in [0.29, 0.717) is 29.4 Å². The Balaban J connectivity index is 1.84. The third-order valence-corrected chi connectivity index (χ3v) is 6.40. The van der Waals surface area contributed by atoms with Crippen molar-refractivity contribution < 1.29 is 24.2 Å². The highest BCUT2D eigenvalue weighted by molar-refractivity contribution is 7.10. The van der Waals surface area contributed by atoms with E-state index in [1.807, 2.05) is 45.2 Å². The van der Waals surface area contributed by atoms with Crippen LogP contribution in [0.1, 0.15) is 42.8 Å². The summed E-state index contributed by atoms with van der Waals surface area (Å²) in [6.07, 6.45) is 0.00903. The quantitative estimate of drug-likeness (QED) is 0.262. The molecule has 0 saturated carbocycles. The zero-order valence-corrected chi connectivity index (χ0v) is 20.4. The van der Waals surface area contributed by atoms with E-state index in [0.717, 1.165) is 10.4 Å². The molecule has 3 aromatic rings. The topological polar surface area (TPSA) is 76.1 Å². The number of aryl methyl sites for hydroxylation is 1. The zero-order valence-electron chi connectivity index (χ0n) is 19.6. The number of carbonyl (C=O) groups is 2. The molecule has 2 aromatic carbocycles. The molecule has 1 atom stereocenters. The first kappa shape index (κ1) is 23.6. The summed E-state index contributed by atoms with van der Waals surface area (Å²) in [5.41, 5.74) is 1.87. The van der Waals surface area contributed by atoms with E-state index >= 15 is 0 Å². The van der Waals surface area contributed by atoms with E-state index in [1.54, 1.807) is 42.5 Å². The maximum Gasteiger partial charge on any atom is 0.300 e. The fourth-order valence-corrected chi connectivity index (χ4v) is 4.87. The van der Waals surface area contributed by atoms with Crippen molar-refractivity contribution in [1.29, 1.82) is 0 Å². The van der Waals surface area contributed by atoms with Crippen molar-refractivity contribution >= 4 is 34.5 Å². The summed E-state index contributed by atoms with van der Waals surface area (Å²) in [7, 11) is 0. The van der Waals surface area contributed by atoms with E-state index < -0.39 is 17.7 Å². The maximum absolute atomic E-state index is 13.3. The monoisotopic (exact) mass is 477 g/mol. The van der Waals surface area contributed by atoms with Gasteiger partial charge in [-0.3, -0.25) is 14.5 Å². The van der Waals surface area contributed by atoms with Gasteiger partial charge in [0.25, 0.3) is 11.7 Å². The maximum atomic E-state index is 13.3. The van der Waals surface area contributed by atoms with Crippen LogP contribution in [0.5, 0.6) is 11.5 Å². The molecule has 1 aromatic heterocycles. The number of thiophene rings is 1. The van der Waals surface area contributed by atoms with Crippen molar-refractivity contribution in [3.8, 4) is 11.5 Å². The number of benzene rings is 2. The van der Waals surface area contributed by atoms with Crippen molar-refractivity contribution in [2.75, 3.05) is 11.5 Å². The number of amides is 1. The van der Waals surface area contributed by atoms with Gasteiger partial charge in [0.1, 0.15) is 23.3 Å². The number of rotatable bonds is 7. The van der Waals surface area contributed by atoms with E-state index in [4.69, 9.17) is 9.47 Å². The van der Waals surface area contributed by atoms with Crippen molar-refractivity contribution in [2.24, 2.45) is 0 Å². The first-order chi connectivity index (χ1) is 16.3. The van der Waals surface area contributed by atoms with Gasteiger partial charge in [-0.1, -0.05) is 12.1 Å². The minimum atomic E-state index is -0.747. The molecule has 2 heterocycles. The van der Waals surface area contributed by atoms with Crippen LogP contribution in [0.15, 0.2) is 65.6 Å². The van der Waals surface area contributed by atoms with Gasteiger partial charge in [0, 0.05) is 22.2 Å². The molecule has 1 aliphatic rings. The second kappa shape index (κ2) is 9.73. The summed E-state index contributed by atoms with van der Waals surface area (Å²) < 4.78 is 11.4. The minimum absolute atomic E-state index is 0.00903. The SMILES string of the molecule is CCOc1cccc(N2C(=O)C(=O)/C(=C(\O)c3ccc(OC(C)C)c(C)c3)C2c2cccs2)c1. The molecule has 0 radical (unpaired) electrons. The van der Waals surface area contributed by atoms with Crippen LogP contribution in [0.25, 0.3) is 5.76 Å². The standard InChI is InChI=1S/C27H27NO5S/c1-5-32-20-9-6-8-19(15-20)28-24(22-10-7-13-34-22)23(26(30)27(28)31)25(29)18-11-12-21(17(4)14-18)33-16(2)3/h6-16,24,29H,5H2,1-4H3/b25-23-. The molecule has 0 aliphatic carbocycles. The lowest BCUT2D eigenvalue weighted by atomic mass is 9.98. The Labute approximate surface area is 203 Å². The van der Waals surface area contributed by atoms with E-state index in [9.17, 15) is 14.7 Å². The number of carbonyl (C=O) groups excluding carboxylic acids is 2. The van der Waals surface area contributed by atoms with Crippen LogP contribution in [0.4, 0.5) is 5.69 Å². The fourth-order valence-electron chi connectivity index (χ4n) is 4.04. The number of nitrogens with zero attached hydrogens (tertiary/aromatic N) is 1. The lowest BCUT2D eigenvalue weighted by molar-refractivity contribution is -0.132. The molecule has 1 aliphatic heterocycles. The number of ketones is 1. The summed E-state index contributed by atoms with van der Waals surface area (Å²) in [5.74, 6) is -0.319. The third kappa shape index (κ3) is 4.43. The molecule has 4 rings (SSSR count). The summed E-state index contributed by atoms with van der Waals surface area (Å²) in [6, 6.07) is 15.3. The van der Waals surface area contributed by atoms with Gasteiger partial charge >= 0.3 is 0 Å². The van der Waals surface area contributed by atoms with Crippen molar-refractivity contribution in [3.63, 3.8) is 0 Å². The molecule has 0 spiro atoms. The van der Waals surface area contributed by atoms with Crippen LogP contribution in [0.2, 0.25) is 0 Å². The normalized spacial score (nSPS) is 17.4. The number of anilines is 1. The predicted molar refractivity (Wildman–Crippen MR) is 134 cm³/mol. The first-order valence-corrected chi connectivity index (χ1v) is 12.0. The molecule has 1 unspecified atom stereocenters. The van der Waals surface area contributed by atoms with E-state index in [-0.39, 0.29) is 17.4 Å². The molecule has 176 valence electrons. The van der Waals surface area contributed by atoms with Crippen molar-refractivity contribution in [2.45, 2.75) is 39.8 Å². The largest absolute Gasteiger partial charge is 0.507 e. The highest BCUT2D eigenvalue weighted by Gasteiger charge is 2.47. The van der Waals surface area contributed by atoms with Gasteiger partial charge in [-0.25, -0.2) is 0 Å². The van der Waals surface area contributed by atoms with Crippen molar-refractivity contribution in [3.05, 3.63) is 81.6 Å². The van der Waals surface area contributed by atoms with Gasteiger partial charge in [0.15, 0.2) is 0 Å². The molecule has 0 bridgehead atoms. The predicted octanol–water partition coefficient (Wildman–Crippen LogP) is 5.87. The second-order valence-electron chi connectivity index (χ2n) is 8.26. The van der Waals surface area contributed by atoms with E-state index in [2.05, 4.69) is 0 Å². The molecule has 1 amide bonds. The average molecular weight is 478 g/mol. The summed E-state index contributed by atoms with van der Waals surface area (Å²) in [5, 5.41) is 13.2. The molecule has 6 nitrogen and oxygen atoms in total. The summed E-state index contributed by atoms with van der Waals surface area (Å²) in [6.45, 7) is 8.12. The lowest BCUT2D eigenvalue weighted by Crippen LogP contribution is -2.29. The number of hydrogen-bond acceptors (Lipinski definition) is 6. The van der Waals surface area contributed by atoms with Crippen LogP contribution < -0.4 is 14.4 Å². The van der Waals surface area contributed by atoms with Crippen LogP contribution in [-0.4, -0.2) is 29.5 Å². The van der Waals surface area contributed by atoms with Crippen molar-refractivity contribution in [1.82, 2.24) is 0 Å². The number of hydrogen-bond donors (Lipinski definition) is 1. The zero-order chi connectivity index (χ0) is 24.4. The fraction of sp³-hybridized carbons (Fsp3) is 0.259. The molecule has 1 N–H and O–H groups in total. The smallest absolute Gasteiger partial charge is 0.300 e. The Morgan fingerprint density at radius 1 is 1.12 bits per heavy atom. The third-order valence-electron chi connectivity index (χ3n) is 5.47. The highest BCUT2D eigenvalue weighted by Crippen LogP contribution is 2.44. The van der Waals surface area contributed by atoms with Gasteiger partial charge in [-0.05, 0) is 75.0 Å². The van der Waals surface area contributed by atoms with Crippen LogP contribution in [0.3, 0.4) is 0 Å². The Kier molecular flexibility index (Phi) is 6.75. The lowest BCUT2D eigenvalue weighted by Gasteiger charge is -2.24. The molecule has 1 fully saturated rings. The summed E-state index contributed by atoms with van der Waals surface area (Å²) >= 11 is 1.42. The molecule has 7 heteroatoms. The Morgan fingerprint density at radius 2 is 1.91 bits per heavy atom. The molecular weight excluding hydrogens is 450 g/mol. The first-order valence-electron chi connectivity index (χ1n) is 11.2. The number of aliphatic hydroxyl groups excluding tert-OH is 1. The number of ether oxygens (including phenoxy) is 2. The summed E-state index contributed by atoms with van der Waals surface area (Å²) in [4.78, 5) is 28.7. The van der Waals surface area contributed by atoms with Gasteiger partial charge in [0.2, 0.25) is 0 Å². The van der Waals surface area contributed by atoms with Gasteiger partial charge in [-0.2, -0.15) is 0 Å². The second-order valence-corrected chi connectivity index (χ2v) is 9.24. The highest BCUT2D eigenvalue weighted by atomic mass is 32.1. The molecule has 1 saturated heterocycles. The Bertz CT molecular complexity index is 1250. The molecule has 34 heavy (non-hydrogen) atoms. The molecular formula is C27H27NO5S. The average Bonchev–Trinajstić information content (AvgIpc) is 3.42. The number of aliphatic hydroxyl groups is 1. The Hall–Kier alpha value is -3.58. The van der Waals surface area contributed by atoms with E-state index in [1.165, 1.54) is 16.2 Å². The Morgan fingerprint density at radius 3 is 2.56 bits per heavy atom.